The van der Waals surface area contributed by atoms with E-state index in [0.29, 0.717) is 24.7 Å². The highest BCUT2D eigenvalue weighted by Gasteiger charge is 2.26. The number of amides is 1. The van der Waals surface area contributed by atoms with Crippen LogP contribution in [-0.2, 0) is 0 Å². The van der Waals surface area contributed by atoms with Crippen LogP contribution >= 0.6 is 0 Å². The standard InChI is InChI=1S/C16H16N4O4/c21-15(12-4-6-13(7-5-12)20(22)23)19-10-1-3-14(11-19)24-16-17-8-2-9-18-16/h2,4-9,14H,1,3,10-11H2. The number of rotatable bonds is 4. The number of hydrogen-bond donors (Lipinski definition) is 0. The lowest BCUT2D eigenvalue weighted by atomic mass is 10.1. The fourth-order valence-electron chi connectivity index (χ4n) is 2.62. The summed E-state index contributed by atoms with van der Waals surface area (Å²) >= 11 is 0. The molecule has 2 heterocycles. The van der Waals surface area contributed by atoms with Crippen LogP contribution in [0.5, 0.6) is 6.01 Å². The summed E-state index contributed by atoms with van der Waals surface area (Å²) < 4.78 is 5.72. The van der Waals surface area contributed by atoms with E-state index in [1.165, 1.54) is 24.3 Å². The SMILES string of the molecule is O=C(c1ccc([N+](=O)[O-])cc1)N1CCCC(Oc2ncccn2)C1. The van der Waals surface area contributed by atoms with E-state index in [-0.39, 0.29) is 17.7 Å². The van der Waals surface area contributed by atoms with Crippen molar-refractivity contribution in [3.05, 3.63) is 58.4 Å². The first-order valence-corrected chi connectivity index (χ1v) is 7.61. The maximum Gasteiger partial charge on any atom is 0.316 e. The third kappa shape index (κ3) is 3.65. The molecule has 8 heteroatoms. The molecule has 0 aliphatic carbocycles. The van der Waals surface area contributed by atoms with Gasteiger partial charge in [-0.05, 0) is 31.0 Å². The molecule has 0 radical (unpaired) electrons. The molecular weight excluding hydrogens is 312 g/mol. The number of likely N-dealkylation sites (tertiary alicyclic amines) is 1. The number of ether oxygens (including phenoxy) is 1. The van der Waals surface area contributed by atoms with Crippen molar-refractivity contribution in [2.75, 3.05) is 13.1 Å². The molecular formula is C16H16N4O4. The van der Waals surface area contributed by atoms with Gasteiger partial charge in [0.25, 0.3) is 11.6 Å². The van der Waals surface area contributed by atoms with E-state index in [4.69, 9.17) is 4.74 Å². The second-order valence-corrected chi connectivity index (χ2v) is 5.47. The van der Waals surface area contributed by atoms with Crippen LogP contribution in [0, 0.1) is 10.1 Å². The van der Waals surface area contributed by atoms with Gasteiger partial charge in [0.05, 0.1) is 11.5 Å². The summed E-state index contributed by atoms with van der Waals surface area (Å²) in [4.78, 5) is 32.5. The molecule has 1 fully saturated rings. The number of hydrogen-bond acceptors (Lipinski definition) is 6. The highest BCUT2D eigenvalue weighted by atomic mass is 16.6. The van der Waals surface area contributed by atoms with E-state index in [2.05, 4.69) is 9.97 Å². The van der Waals surface area contributed by atoms with Crippen molar-refractivity contribution in [3.63, 3.8) is 0 Å². The van der Waals surface area contributed by atoms with Crippen LogP contribution < -0.4 is 4.74 Å². The molecule has 1 aromatic heterocycles. The van der Waals surface area contributed by atoms with Crippen molar-refractivity contribution in [1.29, 1.82) is 0 Å². The minimum atomic E-state index is -0.487. The Hall–Kier alpha value is -3.03. The zero-order valence-corrected chi connectivity index (χ0v) is 12.9. The minimum Gasteiger partial charge on any atom is -0.458 e. The van der Waals surface area contributed by atoms with Gasteiger partial charge >= 0.3 is 6.01 Å². The van der Waals surface area contributed by atoms with Gasteiger partial charge in [0.15, 0.2) is 0 Å². The summed E-state index contributed by atoms with van der Waals surface area (Å²) in [5.41, 5.74) is 0.393. The Bertz CT molecular complexity index is 721. The predicted molar refractivity (Wildman–Crippen MR) is 84.7 cm³/mol. The van der Waals surface area contributed by atoms with Gasteiger partial charge in [-0.3, -0.25) is 14.9 Å². The fraction of sp³-hybridized carbons (Fsp3) is 0.312. The quantitative estimate of drug-likeness (QED) is 0.629. The summed E-state index contributed by atoms with van der Waals surface area (Å²) in [5.74, 6) is -0.160. The lowest BCUT2D eigenvalue weighted by Crippen LogP contribution is -2.44. The van der Waals surface area contributed by atoms with Crippen LogP contribution in [0.3, 0.4) is 0 Å². The molecule has 1 atom stereocenters. The topological polar surface area (TPSA) is 98.5 Å². The number of carbonyl (C=O) groups is 1. The van der Waals surface area contributed by atoms with E-state index in [1.807, 2.05) is 0 Å². The second-order valence-electron chi connectivity index (χ2n) is 5.47. The van der Waals surface area contributed by atoms with Gasteiger partial charge < -0.3 is 9.64 Å². The van der Waals surface area contributed by atoms with Crippen molar-refractivity contribution < 1.29 is 14.5 Å². The molecule has 1 aromatic carbocycles. The largest absolute Gasteiger partial charge is 0.458 e. The van der Waals surface area contributed by atoms with Crippen LogP contribution in [0.15, 0.2) is 42.7 Å². The number of piperidine rings is 1. The van der Waals surface area contributed by atoms with Crippen molar-refractivity contribution in [2.45, 2.75) is 18.9 Å². The molecule has 1 saturated heterocycles. The Kier molecular flexibility index (Phi) is 4.64. The summed E-state index contributed by atoms with van der Waals surface area (Å²) in [6.45, 7) is 1.07. The molecule has 3 rings (SSSR count). The summed E-state index contributed by atoms with van der Waals surface area (Å²) in [5, 5.41) is 10.7. The minimum absolute atomic E-state index is 0.0346. The molecule has 24 heavy (non-hydrogen) atoms. The van der Waals surface area contributed by atoms with E-state index in [1.54, 1.807) is 23.4 Å². The van der Waals surface area contributed by atoms with Crippen molar-refractivity contribution >= 4 is 11.6 Å². The maximum absolute atomic E-state index is 12.5. The molecule has 1 aliphatic heterocycles. The van der Waals surface area contributed by atoms with Crippen LogP contribution in [0.1, 0.15) is 23.2 Å². The Morgan fingerprint density at radius 2 is 1.96 bits per heavy atom. The second kappa shape index (κ2) is 7.03. The van der Waals surface area contributed by atoms with Crippen LogP contribution in [0.4, 0.5) is 5.69 Å². The van der Waals surface area contributed by atoms with E-state index >= 15 is 0 Å². The Morgan fingerprint density at radius 1 is 1.25 bits per heavy atom. The predicted octanol–water partition coefficient (Wildman–Crippen LogP) is 2.07. The maximum atomic E-state index is 12.5. The molecule has 8 nitrogen and oxygen atoms in total. The number of nitro benzene ring substituents is 1. The van der Waals surface area contributed by atoms with Crippen molar-refractivity contribution in [2.24, 2.45) is 0 Å². The van der Waals surface area contributed by atoms with Gasteiger partial charge in [-0.2, -0.15) is 0 Å². The highest BCUT2D eigenvalue weighted by molar-refractivity contribution is 5.94. The first kappa shape index (κ1) is 15.9. The van der Waals surface area contributed by atoms with Gasteiger partial charge in [-0.25, -0.2) is 9.97 Å². The van der Waals surface area contributed by atoms with Gasteiger partial charge in [-0.15, -0.1) is 0 Å². The molecule has 0 spiro atoms. The first-order valence-electron chi connectivity index (χ1n) is 7.61. The number of non-ortho nitro benzene ring substituents is 1. The number of nitro groups is 1. The third-order valence-electron chi connectivity index (χ3n) is 3.80. The Morgan fingerprint density at radius 3 is 2.62 bits per heavy atom. The summed E-state index contributed by atoms with van der Waals surface area (Å²) in [6, 6.07) is 7.63. The molecule has 124 valence electrons. The van der Waals surface area contributed by atoms with Gasteiger partial charge in [-0.1, -0.05) is 0 Å². The van der Waals surface area contributed by atoms with Crippen molar-refractivity contribution in [3.8, 4) is 6.01 Å². The fourth-order valence-corrected chi connectivity index (χ4v) is 2.62. The lowest BCUT2D eigenvalue weighted by molar-refractivity contribution is -0.384. The Labute approximate surface area is 138 Å². The number of benzene rings is 1. The van der Waals surface area contributed by atoms with Gasteiger partial charge in [0.2, 0.25) is 0 Å². The van der Waals surface area contributed by atoms with E-state index in [9.17, 15) is 14.9 Å². The summed E-state index contributed by atoms with van der Waals surface area (Å²) in [7, 11) is 0. The first-order chi connectivity index (χ1) is 11.6. The van der Waals surface area contributed by atoms with Crippen LogP contribution in [0.25, 0.3) is 0 Å². The molecule has 0 saturated carbocycles. The molecule has 0 N–H and O–H groups in total. The summed E-state index contributed by atoms with van der Waals surface area (Å²) in [6.07, 6.45) is 4.68. The molecule has 2 aromatic rings. The molecule has 1 amide bonds. The van der Waals surface area contributed by atoms with Crippen molar-refractivity contribution in [1.82, 2.24) is 14.9 Å². The van der Waals surface area contributed by atoms with Gasteiger partial charge in [0, 0.05) is 36.6 Å². The average molecular weight is 328 g/mol. The smallest absolute Gasteiger partial charge is 0.316 e. The monoisotopic (exact) mass is 328 g/mol. The number of carbonyl (C=O) groups excluding carboxylic acids is 1. The normalized spacial score (nSPS) is 17.3. The van der Waals surface area contributed by atoms with Crippen LogP contribution in [-0.4, -0.2) is 44.9 Å². The third-order valence-corrected chi connectivity index (χ3v) is 3.80. The van der Waals surface area contributed by atoms with Crippen LogP contribution in [0.2, 0.25) is 0 Å². The lowest BCUT2D eigenvalue weighted by Gasteiger charge is -2.32. The molecule has 1 aliphatic rings. The average Bonchev–Trinajstić information content (AvgIpc) is 2.62. The zero-order chi connectivity index (χ0) is 16.9. The van der Waals surface area contributed by atoms with E-state index < -0.39 is 4.92 Å². The number of aromatic nitrogens is 2. The molecule has 1 unspecified atom stereocenters. The Balaban J connectivity index is 1.65. The van der Waals surface area contributed by atoms with E-state index in [0.717, 1.165) is 12.8 Å². The zero-order valence-electron chi connectivity index (χ0n) is 12.9. The molecule has 0 bridgehead atoms. The highest BCUT2D eigenvalue weighted by Crippen LogP contribution is 2.19. The van der Waals surface area contributed by atoms with Gasteiger partial charge in [0.1, 0.15) is 6.10 Å². The number of nitrogens with zero attached hydrogens (tertiary/aromatic N) is 4.